The quantitative estimate of drug-likeness (QED) is 0.475. The lowest BCUT2D eigenvalue weighted by Gasteiger charge is -2.30. The molecule has 140 valence electrons. The van der Waals surface area contributed by atoms with Crippen molar-refractivity contribution in [2.45, 2.75) is 84.6 Å². The lowest BCUT2D eigenvalue weighted by molar-refractivity contribution is -0.152. The smallest absolute Gasteiger partial charge is 0.329 e. The molecule has 1 saturated heterocycles. The fourth-order valence-corrected chi connectivity index (χ4v) is 4.99. The van der Waals surface area contributed by atoms with E-state index in [0.717, 1.165) is 25.7 Å². The summed E-state index contributed by atoms with van der Waals surface area (Å²) < 4.78 is 4.93. The van der Waals surface area contributed by atoms with Gasteiger partial charge in [-0.3, -0.25) is 4.79 Å². The third-order valence-corrected chi connectivity index (χ3v) is 5.75. The molecule has 5 heteroatoms. The van der Waals surface area contributed by atoms with Gasteiger partial charge in [0.2, 0.25) is 5.91 Å². The van der Waals surface area contributed by atoms with E-state index in [2.05, 4.69) is 34.6 Å². The Morgan fingerprint density at radius 3 is 2.50 bits per heavy atom. The Hall–Kier alpha value is -0.710. The Labute approximate surface area is 152 Å². The second-order valence-electron chi connectivity index (χ2n) is 8.20. The SMILES string of the molecule is CCCCCC1SCC(C(=O)OC)N1C(=O)CC(C)CC(C)(C)C. The van der Waals surface area contributed by atoms with Crippen LogP contribution >= 0.6 is 11.8 Å². The number of nitrogens with zero attached hydrogens (tertiary/aromatic N) is 1. The van der Waals surface area contributed by atoms with Gasteiger partial charge in [-0.1, -0.05) is 53.9 Å². The second kappa shape index (κ2) is 9.69. The summed E-state index contributed by atoms with van der Waals surface area (Å²) >= 11 is 1.73. The Morgan fingerprint density at radius 1 is 1.29 bits per heavy atom. The van der Waals surface area contributed by atoms with Crippen molar-refractivity contribution in [2.24, 2.45) is 11.3 Å². The number of carbonyl (C=O) groups excluding carboxylic acids is 2. The molecule has 0 radical (unpaired) electrons. The van der Waals surface area contributed by atoms with Gasteiger partial charge >= 0.3 is 5.97 Å². The van der Waals surface area contributed by atoms with Gasteiger partial charge in [-0.2, -0.15) is 0 Å². The van der Waals surface area contributed by atoms with Crippen LogP contribution in [0.25, 0.3) is 0 Å². The van der Waals surface area contributed by atoms with E-state index in [1.54, 1.807) is 11.8 Å². The van der Waals surface area contributed by atoms with Crippen molar-refractivity contribution in [2.75, 3.05) is 12.9 Å². The Bertz CT molecular complexity index is 419. The van der Waals surface area contributed by atoms with Gasteiger partial charge in [0.25, 0.3) is 0 Å². The molecule has 0 saturated carbocycles. The lowest BCUT2D eigenvalue weighted by atomic mass is 9.84. The van der Waals surface area contributed by atoms with E-state index >= 15 is 0 Å². The first kappa shape index (κ1) is 21.3. The first-order valence-corrected chi connectivity index (χ1v) is 10.2. The Morgan fingerprint density at radius 2 is 1.96 bits per heavy atom. The minimum absolute atomic E-state index is 0.105. The molecule has 3 atom stereocenters. The molecule has 0 aromatic heterocycles. The van der Waals surface area contributed by atoms with Crippen LogP contribution in [0.1, 0.15) is 73.1 Å². The molecule has 1 rings (SSSR count). The summed E-state index contributed by atoms with van der Waals surface area (Å²) in [6.07, 6.45) is 5.91. The monoisotopic (exact) mass is 357 g/mol. The second-order valence-corrected chi connectivity index (χ2v) is 9.41. The summed E-state index contributed by atoms with van der Waals surface area (Å²) in [6.45, 7) is 10.9. The zero-order valence-corrected chi connectivity index (χ0v) is 17.1. The van der Waals surface area contributed by atoms with Gasteiger partial charge in [0.1, 0.15) is 6.04 Å². The van der Waals surface area contributed by atoms with Crippen molar-refractivity contribution in [3.63, 3.8) is 0 Å². The van der Waals surface area contributed by atoms with Gasteiger partial charge in [-0.05, 0) is 24.2 Å². The average molecular weight is 358 g/mol. The molecule has 3 unspecified atom stereocenters. The molecular weight excluding hydrogens is 322 g/mol. The van der Waals surface area contributed by atoms with E-state index in [-0.39, 0.29) is 22.7 Å². The summed E-state index contributed by atoms with van der Waals surface area (Å²) in [6, 6.07) is -0.416. The lowest BCUT2D eigenvalue weighted by Crippen LogP contribution is -2.46. The van der Waals surface area contributed by atoms with Crippen LogP contribution in [0.15, 0.2) is 0 Å². The summed E-state index contributed by atoms with van der Waals surface area (Å²) in [5, 5.41) is 0.120. The van der Waals surface area contributed by atoms with Gasteiger partial charge in [-0.25, -0.2) is 4.79 Å². The van der Waals surface area contributed by atoms with Crippen LogP contribution in [0, 0.1) is 11.3 Å². The van der Waals surface area contributed by atoms with Crippen LogP contribution in [-0.2, 0) is 14.3 Å². The van der Waals surface area contributed by atoms with E-state index in [4.69, 9.17) is 4.74 Å². The fourth-order valence-electron chi connectivity index (χ4n) is 3.53. The minimum Gasteiger partial charge on any atom is -0.467 e. The maximum Gasteiger partial charge on any atom is 0.329 e. The van der Waals surface area contributed by atoms with E-state index in [9.17, 15) is 9.59 Å². The topological polar surface area (TPSA) is 46.6 Å². The third-order valence-electron chi connectivity index (χ3n) is 4.39. The van der Waals surface area contributed by atoms with Crippen molar-refractivity contribution in [1.82, 2.24) is 4.90 Å². The molecule has 0 aromatic carbocycles. The van der Waals surface area contributed by atoms with Gasteiger partial charge in [-0.15, -0.1) is 11.8 Å². The van der Waals surface area contributed by atoms with Gasteiger partial charge in [0.05, 0.1) is 12.5 Å². The van der Waals surface area contributed by atoms with Gasteiger partial charge < -0.3 is 9.64 Å². The molecule has 0 aliphatic carbocycles. The molecule has 0 spiro atoms. The number of carbonyl (C=O) groups is 2. The largest absolute Gasteiger partial charge is 0.467 e. The maximum absolute atomic E-state index is 12.9. The molecule has 24 heavy (non-hydrogen) atoms. The first-order valence-electron chi connectivity index (χ1n) is 9.20. The van der Waals surface area contributed by atoms with Crippen LogP contribution in [0.4, 0.5) is 0 Å². The molecule has 1 aliphatic heterocycles. The summed E-state index contributed by atoms with van der Waals surface area (Å²) in [7, 11) is 1.41. The number of methoxy groups -OCH3 is 1. The fraction of sp³-hybridized carbons (Fsp3) is 0.895. The van der Waals surface area contributed by atoms with Crippen LogP contribution in [0.3, 0.4) is 0 Å². The Balaban J connectivity index is 2.76. The summed E-state index contributed by atoms with van der Waals surface area (Å²) in [5.74, 6) is 0.798. The van der Waals surface area contributed by atoms with Crippen LogP contribution in [0.2, 0.25) is 0 Å². The predicted octanol–water partition coefficient (Wildman–Crippen LogP) is 4.47. The summed E-state index contributed by atoms with van der Waals surface area (Å²) in [4.78, 5) is 26.8. The molecule has 4 nitrogen and oxygen atoms in total. The molecule has 0 bridgehead atoms. The van der Waals surface area contributed by atoms with E-state index < -0.39 is 6.04 Å². The number of amides is 1. The number of esters is 1. The average Bonchev–Trinajstić information content (AvgIpc) is 2.88. The van der Waals surface area contributed by atoms with E-state index in [1.807, 2.05) is 4.90 Å². The number of rotatable bonds is 8. The number of ether oxygens (including phenoxy) is 1. The predicted molar refractivity (Wildman–Crippen MR) is 101 cm³/mol. The molecule has 1 aliphatic rings. The van der Waals surface area contributed by atoms with Crippen molar-refractivity contribution in [1.29, 1.82) is 0 Å². The van der Waals surface area contributed by atoms with E-state index in [1.165, 1.54) is 13.5 Å². The van der Waals surface area contributed by atoms with Crippen LogP contribution in [-0.4, -0.2) is 41.1 Å². The minimum atomic E-state index is -0.416. The highest BCUT2D eigenvalue weighted by atomic mass is 32.2. The number of hydrogen-bond donors (Lipinski definition) is 0. The van der Waals surface area contributed by atoms with Crippen molar-refractivity contribution in [3.05, 3.63) is 0 Å². The zero-order chi connectivity index (χ0) is 18.3. The number of thioether (sulfide) groups is 1. The molecule has 1 heterocycles. The first-order chi connectivity index (χ1) is 11.2. The van der Waals surface area contributed by atoms with Crippen LogP contribution in [0.5, 0.6) is 0 Å². The van der Waals surface area contributed by atoms with Crippen molar-refractivity contribution >= 4 is 23.6 Å². The van der Waals surface area contributed by atoms with Crippen molar-refractivity contribution in [3.8, 4) is 0 Å². The zero-order valence-electron chi connectivity index (χ0n) is 16.3. The maximum atomic E-state index is 12.9. The number of hydrogen-bond acceptors (Lipinski definition) is 4. The highest BCUT2D eigenvalue weighted by Gasteiger charge is 2.41. The standard InChI is InChI=1S/C19H35NO3S/c1-7-8-9-10-17-20(15(13-24-17)18(22)23-6)16(21)11-14(2)12-19(3,4)5/h14-15,17H,7-13H2,1-6H3. The highest BCUT2D eigenvalue weighted by Crippen LogP contribution is 2.35. The van der Waals surface area contributed by atoms with E-state index in [0.29, 0.717) is 18.1 Å². The Kier molecular flexibility index (Phi) is 8.61. The third kappa shape index (κ3) is 6.66. The molecule has 0 aromatic rings. The normalized spacial score (nSPS) is 22.5. The highest BCUT2D eigenvalue weighted by molar-refractivity contribution is 8.00. The molecular formula is C19H35NO3S. The number of unbranched alkanes of at least 4 members (excludes halogenated alkanes) is 2. The van der Waals surface area contributed by atoms with Crippen LogP contribution < -0.4 is 0 Å². The summed E-state index contributed by atoms with van der Waals surface area (Å²) in [5.41, 5.74) is 0.210. The molecule has 1 fully saturated rings. The molecule has 1 amide bonds. The van der Waals surface area contributed by atoms with Crippen molar-refractivity contribution < 1.29 is 14.3 Å². The van der Waals surface area contributed by atoms with Gasteiger partial charge in [0.15, 0.2) is 0 Å². The molecule has 0 N–H and O–H groups in total. The van der Waals surface area contributed by atoms with Gasteiger partial charge in [0, 0.05) is 12.2 Å².